The van der Waals surface area contributed by atoms with Crippen molar-refractivity contribution in [2.45, 2.75) is 44.2 Å². The molecule has 0 aromatic carbocycles. The SMILES string of the molecule is COCC(N)C(=O)OC1CCCCC1. The Morgan fingerprint density at radius 2 is 2.07 bits per heavy atom. The van der Waals surface area contributed by atoms with Gasteiger partial charge in [-0.25, -0.2) is 0 Å². The summed E-state index contributed by atoms with van der Waals surface area (Å²) >= 11 is 0. The van der Waals surface area contributed by atoms with Gasteiger partial charge < -0.3 is 15.2 Å². The summed E-state index contributed by atoms with van der Waals surface area (Å²) < 4.78 is 10.0. The Morgan fingerprint density at radius 1 is 1.43 bits per heavy atom. The fourth-order valence-corrected chi connectivity index (χ4v) is 1.68. The number of hydrogen-bond acceptors (Lipinski definition) is 4. The van der Waals surface area contributed by atoms with Crippen LogP contribution >= 0.6 is 0 Å². The van der Waals surface area contributed by atoms with E-state index in [0.717, 1.165) is 25.7 Å². The van der Waals surface area contributed by atoms with E-state index in [1.807, 2.05) is 0 Å². The second-order valence-corrected chi connectivity index (χ2v) is 3.76. The molecule has 1 rings (SSSR count). The average Bonchev–Trinajstić information content (AvgIpc) is 2.19. The van der Waals surface area contributed by atoms with Gasteiger partial charge in [0.15, 0.2) is 0 Å². The van der Waals surface area contributed by atoms with Gasteiger partial charge in [0.2, 0.25) is 0 Å². The molecule has 1 unspecified atom stereocenters. The zero-order valence-electron chi connectivity index (χ0n) is 8.70. The number of nitrogens with two attached hydrogens (primary N) is 1. The lowest BCUT2D eigenvalue weighted by Gasteiger charge is -2.23. The predicted octanol–water partition coefficient (Wildman–Crippen LogP) is 0.836. The third-order valence-corrected chi connectivity index (χ3v) is 2.48. The molecule has 1 fully saturated rings. The van der Waals surface area contributed by atoms with Crippen LogP contribution < -0.4 is 5.73 Å². The summed E-state index contributed by atoms with van der Waals surface area (Å²) in [6.07, 6.45) is 5.59. The molecule has 82 valence electrons. The molecule has 0 bridgehead atoms. The summed E-state index contributed by atoms with van der Waals surface area (Å²) in [7, 11) is 1.52. The zero-order chi connectivity index (χ0) is 10.4. The molecule has 0 radical (unpaired) electrons. The van der Waals surface area contributed by atoms with Crippen molar-refractivity contribution in [1.29, 1.82) is 0 Å². The molecule has 14 heavy (non-hydrogen) atoms. The van der Waals surface area contributed by atoms with Crippen LogP contribution in [0.5, 0.6) is 0 Å². The second kappa shape index (κ2) is 5.98. The van der Waals surface area contributed by atoms with E-state index in [0.29, 0.717) is 0 Å². The smallest absolute Gasteiger partial charge is 0.325 e. The van der Waals surface area contributed by atoms with E-state index in [4.69, 9.17) is 15.2 Å². The van der Waals surface area contributed by atoms with Gasteiger partial charge in [0.25, 0.3) is 0 Å². The monoisotopic (exact) mass is 201 g/mol. The van der Waals surface area contributed by atoms with Gasteiger partial charge in [0.1, 0.15) is 12.1 Å². The summed E-state index contributed by atoms with van der Waals surface area (Å²) in [5, 5.41) is 0. The molecule has 0 amide bonds. The highest BCUT2D eigenvalue weighted by molar-refractivity contribution is 5.75. The lowest BCUT2D eigenvalue weighted by molar-refractivity contribution is -0.153. The molecular formula is C10H19NO3. The van der Waals surface area contributed by atoms with Gasteiger partial charge in [0.05, 0.1) is 6.61 Å². The minimum atomic E-state index is -0.637. The van der Waals surface area contributed by atoms with Crippen molar-refractivity contribution >= 4 is 5.97 Å². The van der Waals surface area contributed by atoms with Crippen LogP contribution in [-0.2, 0) is 14.3 Å². The lowest BCUT2D eigenvalue weighted by Crippen LogP contribution is -2.38. The highest BCUT2D eigenvalue weighted by Gasteiger charge is 2.21. The number of hydrogen-bond donors (Lipinski definition) is 1. The second-order valence-electron chi connectivity index (χ2n) is 3.76. The van der Waals surface area contributed by atoms with E-state index >= 15 is 0 Å². The first-order chi connectivity index (χ1) is 6.74. The maximum absolute atomic E-state index is 11.4. The number of carbonyl (C=O) groups is 1. The molecule has 1 saturated carbocycles. The van der Waals surface area contributed by atoms with Crippen LogP contribution in [0.25, 0.3) is 0 Å². The van der Waals surface area contributed by atoms with E-state index in [9.17, 15) is 4.79 Å². The van der Waals surface area contributed by atoms with Crippen molar-refractivity contribution < 1.29 is 14.3 Å². The topological polar surface area (TPSA) is 61.5 Å². The van der Waals surface area contributed by atoms with Crippen molar-refractivity contribution in [3.05, 3.63) is 0 Å². The third kappa shape index (κ3) is 3.64. The number of carbonyl (C=O) groups excluding carboxylic acids is 1. The molecule has 2 N–H and O–H groups in total. The number of methoxy groups -OCH3 is 1. The molecule has 0 aromatic heterocycles. The fraction of sp³-hybridized carbons (Fsp3) is 0.900. The van der Waals surface area contributed by atoms with E-state index in [1.54, 1.807) is 0 Å². The van der Waals surface area contributed by atoms with Crippen molar-refractivity contribution in [3.63, 3.8) is 0 Å². The first-order valence-corrected chi connectivity index (χ1v) is 5.19. The van der Waals surface area contributed by atoms with Crippen molar-refractivity contribution in [1.82, 2.24) is 0 Å². The van der Waals surface area contributed by atoms with Crippen molar-refractivity contribution in [2.24, 2.45) is 5.73 Å². The van der Waals surface area contributed by atoms with Gasteiger partial charge in [-0.15, -0.1) is 0 Å². The van der Waals surface area contributed by atoms with Gasteiger partial charge in [-0.1, -0.05) is 6.42 Å². The predicted molar refractivity (Wildman–Crippen MR) is 52.8 cm³/mol. The summed E-state index contributed by atoms with van der Waals surface area (Å²) in [5.74, 6) is -0.334. The molecule has 4 nitrogen and oxygen atoms in total. The maximum atomic E-state index is 11.4. The Kier molecular flexibility index (Phi) is 4.90. The van der Waals surface area contributed by atoms with Gasteiger partial charge >= 0.3 is 5.97 Å². The number of ether oxygens (including phenoxy) is 2. The van der Waals surface area contributed by atoms with Gasteiger partial charge in [0, 0.05) is 7.11 Å². The molecule has 0 heterocycles. The number of rotatable bonds is 4. The van der Waals surface area contributed by atoms with E-state index in [-0.39, 0.29) is 18.7 Å². The van der Waals surface area contributed by atoms with E-state index in [2.05, 4.69) is 0 Å². The molecule has 4 heteroatoms. The lowest BCUT2D eigenvalue weighted by atomic mass is 9.98. The Balaban J connectivity index is 2.24. The van der Waals surface area contributed by atoms with E-state index in [1.165, 1.54) is 13.5 Å². The Labute approximate surface area is 84.7 Å². The van der Waals surface area contributed by atoms with E-state index < -0.39 is 6.04 Å². The van der Waals surface area contributed by atoms with Crippen LogP contribution in [0.15, 0.2) is 0 Å². The Hall–Kier alpha value is -0.610. The van der Waals surface area contributed by atoms with Gasteiger partial charge in [-0.2, -0.15) is 0 Å². The Bertz CT molecular complexity index is 178. The average molecular weight is 201 g/mol. The largest absolute Gasteiger partial charge is 0.461 e. The highest BCUT2D eigenvalue weighted by Crippen LogP contribution is 2.20. The van der Waals surface area contributed by atoms with Gasteiger partial charge in [-0.3, -0.25) is 4.79 Å². The van der Waals surface area contributed by atoms with Crippen molar-refractivity contribution in [3.8, 4) is 0 Å². The number of esters is 1. The van der Waals surface area contributed by atoms with Crippen LogP contribution in [-0.4, -0.2) is 31.8 Å². The highest BCUT2D eigenvalue weighted by atomic mass is 16.5. The van der Waals surface area contributed by atoms with Crippen LogP contribution in [0.3, 0.4) is 0 Å². The third-order valence-electron chi connectivity index (χ3n) is 2.48. The normalized spacial score (nSPS) is 20.4. The minimum absolute atomic E-state index is 0.0826. The van der Waals surface area contributed by atoms with Crippen LogP contribution in [0.1, 0.15) is 32.1 Å². The molecule has 0 aromatic rings. The zero-order valence-corrected chi connectivity index (χ0v) is 8.70. The van der Waals surface area contributed by atoms with Crippen LogP contribution in [0.2, 0.25) is 0 Å². The first kappa shape index (κ1) is 11.5. The van der Waals surface area contributed by atoms with Crippen molar-refractivity contribution in [2.75, 3.05) is 13.7 Å². The first-order valence-electron chi connectivity index (χ1n) is 5.19. The molecule has 0 saturated heterocycles. The molecule has 0 spiro atoms. The maximum Gasteiger partial charge on any atom is 0.325 e. The summed E-state index contributed by atoms with van der Waals surface area (Å²) in [6, 6.07) is -0.637. The molecule has 0 aliphatic heterocycles. The van der Waals surface area contributed by atoms with Crippen LogP contribution in [0.4, 0.5) is 0 Å². The summed E-state index contributed by atoms with van der Waals surface area (Å²) in [4.78, 5) is 11.4. The molecule has 1 aliphatic carbocycles. The molecular weight excluding hydrogens is 182 g/mol. The molecule has 1 atom stereocenters. The standard InChI is InChI=1S/C10H19NO3/c1-13-7-9(11)10(12)14-8-5-3-2-4-6-8/h8-9H,2-7,11H2,1H3. The molecule has 1 aliphatic rings. The summed E-state index contributed by atoms with van der Waals surface area (Å²) in [6.45, 7) is 0.228. The fourth-order valence-electron chi connectivity index (χ4n) is 1.68. The Morgan fingerprint density at radius 3 is 2.64 bits per heavy atom. The minimum Gasteiger partial charge on any atom is -0.461 e. The quantitative estimate of drug-likeness (QED) is 0.684. The summed E-state index contributed by atoms with van der Waals surface area (Å²) in [5.41, 5.74) is 5.55. The van der Waals surface area contributed by atoms with Gasteiger partial charge in [-0.05, 0) is 25.7 Å². The van der Waals surface area contributed by atoms with Crippen LogP contribution in [0, 0.1) is 0 Å².